The summed E-state index contributed by atoms with van der Waals surface area (Å²) in [5, 5.41) is 0. The van der Waals surface area contributed by atoms with Crippen LogP contribution in [0, 0.1) is 0 Å². The summed E-state index contributed by atoms with van der Waals surface area (Å²) in [6.07, 6.45) is -8.66. The van der Waals surface area contributed by atoms with Gasteiger partial charge in [0.2, 0.25) is 0 Å². The van der Waals surface area contributed by atoms with E-state index in [1.54, 1.807) is 0 Å². The number of hydrogen-bond donors (Lipinski definition) is 0. The highest BCUT2D eigenvalue weighted by molar-refractivity contribution is 5.65. The Morgan fingerprint density at radius 1 is 0.706 bits per heavy atom. The summed E-state index contributed by atoms with van der Waals surface area (Å²) in [5.41, 5.74) is 0. The van der Waals surface area contributed by atoms with Crippen LogP contribution in [0.5, 0.6) is 0 Å². The summed E-state index contributed by atoms with van der Waals surface area (Å²) in [6, 6.07) is 0. The zero-order valence-corrected chi connectivity index (χ0v) is 7.54. The van der Waals surface area contributed by atoms with Crippen LogP contribution in [-0.2, 0) is 4.79 Å². The molecule has 0 aromatic carbocycles. The SMILES string of the molecule is O=CC=CC(F)(F)C(F)(F)C(F)(F)C(F)(F)F. The van der Waals surface area contributed by atoms with Gasteiger partial charge in [-0.05, 0) is 12.2 Å². The van der Waals surface area contributed by atoms with Crippen molar-refractivity contribution in [3.8, 4) is 0 Å². The van der Waals surface area contributed by atoms with Gasteiger partial charge in [0.25, 0.3) is 0 Å². The summed E-state index contributed by atoms with van der Waals surface area (Å²) in [7, 11) is 0. The predicted molar refractivity (Wildman–Crippen MR) is 36.1 cm³/mol. The lowest BCUT2D eigenvalue weighted by Gasteiger charge is -2.32. The highest BCUT2D eigenvalue weighted by Gasteiger charge is 2.81. The molecule has 0 N–H and O–H groups in total. The molecular weight excluding hydrogens is 271 g/mol. The van der Waals surface area contributed by atoms with Gasteiger partial charge in [-0.3, -0.25) is 4.79 Å². The van der Waals surface area contributed by atoms with Crippen LogP contribution in [0.2, 0.25) is 0 Å². The minimum absolute atomic E-state index is 0.305. The molecular formula is C7H3F9O. The number of carbonyl (C=O) groups excluding carboxylic acids is 1. The lowest BCUT2D eigenvalue weighted by atomic mass is 10.0. The molecule has 0 aromatic heterocycles. The molecule has 0 aliphatic heterocycles. The lowest BCUT2D eigenvalue weighted by molar-refractivity contribution is -0.388. The minimum atomic E-state index is -6.93. The maximum Gasteiger partial charge on any atom is 0.460 e. The van der Waals surface area contributed by atoms with Crippen molar-refractivity contribution in [3.05, 3.63) is 12.2 Å². The quantitative estimate of drug-likeness (QED) is 0.437. The third-order valence-corrected chi connectivity index (χ3v) is 1.55. The Bertz CT molecular complexity index is 314. The van der Waals surface area contributed by atoms with Gasteiger partial charge in [0.15, 0.2) is 0 Å². The third-order valence-electron chi connectivity index (χ3n) is 1.55. The molecule has 0 saturated carbocycles. The maximum absolute atomic E-state index is 12.4. The Morgan fingerprint density at radius 3 is 1.41 bits per heavy atom. The summed E-state index contributed by atoms with van der Waals surface area (Å²) in [6.45, 7) is 0. The maximum atomic E-state index is 12.4. The van der Waals surface area contributed by atoms with Crippen molar-refractivity contribution in [2.75, 3.05) is 0 Å². The second-order valence-electron chi connectivity index (χ2n) is 2.76. The van der Waals surface area contributed by atoms with Gasteiger partial charge in [-0.15, -0.1) is 0 Å². The van der Waals surface area contributed by atoms with Crippen molar-refractivity contribution in [1.82, 2.24) is 0 Å². The van der Waals surface area contributed by atoms with Crippen molar-refractivity contribution < 1.29 is 44.3 Å². The zero-order chi connectivity index (χ0) is 14.1. The molecule has 0 heterocycles. The van der Waals surface area contributed by atoms with E-state index in [1.165, 1.54) is 0 Å². The van der Waals surface area contributed by atoms with Crippen molar-refractivity contribution >= 4 is 6.29 Å². The van der Waals surface area contributed by atoms with Crippen LogP contribution in [0.1, 0.15) is 0 Å². The normalized spacial score (nSPS) is 15.4. The summed E-state index contributed by atoms with van der Waals surface area (Å²) in [5.74, 6) is -19.5. The topological polar surface area (TPSA) is 17.1 Å². The van der Waals surface area contributed by atoms with Crippen LogP contribution in [-0.4, -0.2) is 30.2 Å². The summed E-state index contributed by atoms with van der Waals surface area (Å²) < 4.78 is 109. The second-order valence-corrected chi connectivity index (χ2v) is 2.76. The second kappa shape index (κ2) is 4.22. The molecule has 0 aromatic rings. The smallest absolute Gasteiger partial charge is 0.299 e. The van der Waals surface area contributed by atoms with E-state index in [-0.39, 0.29) is 6.08 Å². The van der Waals surface area contributed by atoms with E-state index in [2.05, 4.69) is 0 Å². The first kappa shape index (κ1) is 15.8. The van der Waals surface area contributed by atoms with E-state index in [1.807, 2.05) is 0 Å². The van der Waals surface area contributed by atoms with Gasteiger partial charge in [-0.2, -0.15) is 39.5 Å². The molecule has 0 unspecified atom stereocenters. The van der Waals surface area contributed by atoms with Crippen LogP contribution >= 0.6 is 0 Å². The van der Waals surface area contributed by atoms with Gasteiger partial charge in [0.05, 0.1) is 0 Å². The molecule has 17 heavy (non-hydrogen) atoms. The number of allylic oxidation sites excluding steroid dienone is 2. The predicted octanol–water partition coefficient (Wildman–Crippen LogP) is 3.21. The van der Waals surface area contributed by atoms with Crippen molar-refractivity contribution in [3.63, 3.8) is 0 Å². The van der Waals surface area contributed by atoms with Crippen molar-refractivity contribution in [1.29, 1.82) is 0 Å². The molecule has 0 bridgehead atoms. The molecule has 0 fully saturated rings. The van der Waals surface area contributed by atoms with E-state index in [0.29, 0.717) is 0 Å². The number of halogens is 9. The van der Waals surface area contributed by atoms with Crippen LogP contribution in [0.15, 0.2) is 12.2 Å². The highest BCUT2D eigenvalue weighted by Crippen LogP contribution is 2.53. The molecule has 0 atom stereocenters. The Labute approximate surface area is 87.9 Å². The fourth-order valence-corrected chi connectivity index (χ4v) is 0.652. The first-order valence-electron chi connectivity index (χ1n) is 3.64. The molecule has 0 amide bonds. The summed E-state index contributed by atoms with van der Waals surface area (Å²) >= 11 is 0. The largest absolute Gasteiger partial charge is 0.460 e. The molecule has 0 radical (unpaired) electrons. The molecule has 0 saturated heterocycles. The first-order chi connectivity index (χ1) is 7.31. The van der Waals surface area contributed by atoms with E-state index in [0.717, 1.165) is 0 Å². The molecule has 0 rings (SSSR count). The van der Waals surface area contributed by atoms with Gasteiger partial charge >= 0.3 is 23.9 Å². The van der Waals surface area contributed by atoms with Crippen LogP contribution in [0.4, 0.5) is 39.5 Å². The molecule has 0 spiro atoms. The molecule has 100 valence electrons. The zero-order valence-electron chi connectivity index (χ0n) is 7.54. The average molecular weight is 274 g/mol. The van der Waals surface area contributed by atoms with E-state index in [9.17, 15) is 44.3 Å². The van der Waals surface area contributed by atoms with Gasteiger partial charge in [0, 0.05) is 0 Å². The van der Waals surface area contributed by atoms with E-state index in [4.69, 9.17) is 0 Å². The molecule has 0 aliphatic rings. The summed E-state index contributed by atoms with van der Waals surface area (Å²) in [4.78, 5) is 9.55. The third kappa shape index (κ3) is 2.55. The van der Waals surface area contributed by atoms with Crippen LogP contribution in [0.3, 0.4) is 0 Å². The fraction of sp³-hybridized carbons (Fsp3) is 0.571. The minimum Gasteiger partial charge on any atom is -0.299 e. The van der Waals surface area contributed by atoms with Gasteiger partial charge in [0.1, 0.15) is 6.29 Å². The standard InChI is InChI=1S/C7H3F9O/c8-4(9,2-1-3-17)5(10,11)6(12,13)7(14,15)16/h1-3H. The molecule has 10 heteroatoms. The lowest BCUT2D eigenvalue weighted by Crippen LogP contribution is -2.60. The Balaban J connectivity index is 5.54. The Hall–Kier alpha value is -1.22. The van der Waals surface area contributed by atoms with Gasteiger partial charge in [-0.1, -0.05) is 0 Å². The van der Waals surface area contributed by atoms with E-state index >= 15 is 0 Å². The van der Waals surface area contributed by atoms with Gasteiger partial charge < -0.3 is 0 Å². The van der Waals surface area contributed by atoms with Crippen LogP contribution < -0.4 is 0 Å². The molecule has 0 aliphatic carbocycles. The van der Waals surface area contributed by atoms with Gasteiger partial charge in [-0.25, -0.2) is 0 Å². The van der Waals surface area contributed by atoms with Crippen molar-refractivity contribution in [2.45, 2.75) is 23.9 Å². The molecule has 1 nitrogen and oxygen atoms in total. The number of hydrogen-bond acceptors (Lipinski definition) is 1. The number of carbonyl (C=O) groups is 1. The average Bonchev–Trinajstić information content (AvgIpc) is 2.12. The number of alkyl halides is 9. The fourth-order valence-electron chi connectivity index (χ4n) is 0.652. The first-order valence-corrected chi connectivity index (χ1v) is 3.64. The van der Waals surface area contributed by atoms with E-state index < -0.39 is 36.3 Å². The number of aldehydes is 1. The Morgan fingerprint density at radius 2 is 1.12 bits per heavy atom. The number of rotatable bonds is 4. The van der Waals surface area contributed by atoms with Crippen molar-refractivity contribution in [2.24, 2.45) is 0 Å². The Kier molecular flexibility index (Phi) is 3.92. The highest BCUT2D eigenvalue weighted by atomic mass is 19.4. The van der Waals surface area contributed by atoms with Crippen LogP contribution in [0.25, 0.3) is 0 Å². The monoisotopic (exact) mass is 274 g/mol.